The maximum atomic E-state index is 6.06. The van der Waals surface area contributed by atoms with E-state index in [9.17, 15) is 0 Å². The van der Waals surface area contributed by atoms with E-state index in [1.165, 1.54) is 18.4 Å². The van der Waals surface area contributed by atoms with Crippen LogP contribution in [-0.2, 0) is 6.54 Å². The highest BCUT2D eigenvalue weighted by atomic mass is 16.5. The number of hydrogen-bond donors (Lipinski definition) is 1. The fourth-order valence-corrected chi connectivity index (χ4v) is 2.22. The summed E-state index contributed by atoms with van der Waals surface area (Å²) >= 11 is 0. The van der Waals surface area contributed by atoms with Gasteiger partial charge in [-0.1, -0.05) is 32.8 Å². The van der Waals surface area contributed by atoms with Crippen molar-refractivity contribution < 1.29 is 9.47 Å². The minimum atomic E-state index is 0.630. The zero-order chi connectivity index (χ0) is 14.4. The number of methoxy groups -OCH3 is 1. The van der Waals surface area contributed by atoms with Crippen LogP contribution in [0.25, 0.3) is 0 Å². The van der Waals surface area contributed by atoms with E-state index in [-0.39, 0.29) is 0 Å². The largest absolute Gasteiger partial charge is 0.497 e. The first-order chi connectivity index (χ1) is 9.76. The quantitative estimate of drug-likeness (QED) is 0.745. The first-order valence-electron chi connectivity index (χ1n) is 7.79. The normalized spacial score (nSPS) is 14.6. The first kappa shape index (κ1) is 15.2. The van der Waals surface area contributed by atoms with E-state index in [2.05, 4.69) is 25.2 Å². The summed E-state index contributed by atoms with van der Waals surface area (Å²) in [4.78, 5) is 0. The number of nitrogens with one attached hydrogen (secondary N) is 1. The van der Waals surface area contributed by atoms with E-state index < -0.39 is 0 Å². The van der Waals surface area contributed by atoms with Crippen LogP contribution in [0.5, 0.6) is 11.5 Å². The van der Waals surface area contributed by atoms with Crippen LogP contribution in [-0.4, -0.2) is 19.8 Å². The zero-order valence-electron chi connectivity index (χ0n) is 12.9. The molecule has 20 heavy (non-hydrogen) atoms. The molecule has 0 saturated heterocycles. The molecular formula is C17H27NO2. The molecule has 0 aromatic heterocycles. The first-order valence-corrected chi connectivity index (χ1v) is 7.79. The van der Waals surface area contributed by atoms with E-state index in [0.29, 0.717) is 12.0 Å². The molecule has 0 spiro atoms. The summed E-state index contributed by atoms with van der Waals surface area (Å²) in [5.41, 5.74) is 1.23. The standard InChI is InChI=1S/C17H27NO2/c1-4-13(5-2)12-20-17-10-16(19-3)9-6-14(17)11-18-15-7-8-15/h6,9-10,13,15,18H,4-5,7-8,11-12H2,1-3H3. The zero-order valence-corrected chi connectivity index (χ0v) is 12.9. The molecule has 3 heteroatoms. The van der Waals surface area contributed by atoms with Gasteiger partial charge >= 0.3 is 0 Å². The molecule has 1 aliphatic rings. The minimum Gasteiger partial charge on any atom is -0.497 e. The third-order valence-corrected chi connectivity index (χ3v) is 4.06. The van der Waals surface area contributed by atoms with Crippen molar-refractivity contribution in [2.45, 2.75) is 52.1 Å². The Hall–Kier alpha value is -1.22. The average Bonchev–Trinajstić information content (AvgIpc) is 3.31. The molecule has 3 nitrogen and oxygen atoms in total. The molecule has 1 aromatic rings. The van der Waals surface area contributed by atoms with Crippen molar-refractivity contribution >= 4 is 0 Å². The molecule has 0 heterocycles. The van der Waals surface area contributed by atoms with Crippen molar-refractivity contribution in [2.24, 2.45) is 5.92 Å². The molecule has 0 radical (unpaired) electrons. The molecule has 0 atom stereocenters. The van der Waals surface area contributed by atoms with Crippen molar-refractivity contribution in [3.63, 3.8) is 0 Å². The second-order valence-corrected chi connectivity index (χ2v) is 5.62. The lowest BCUT2D eigenvalue weighted by Gasteiger charge is -2.17. The van der Waals surface area contributed by atoms with Crippen LogP contribution >= 0.6 is 0 Å². The molecule has 0 unspecified atom stereocenters. The highest BCUT2D eigenvalue weighted by Gasteiger charge is 2.20. The lowest BCUT2D eigenvalue weighted by molar-refractivity contribution is 0.237. The number of rotatable bonds is 9. The van der Waals surface area contributed by atoms with Crippen molar-refractivity contribution in [3.8, 4) is 11.5 Å². The summed E-state index contributed by atoms with van der Waals surface area (Å²) in [6.45, 7) is 6.11. The van der Waals surface area contributed by atoms with E-state index in [4.69, 9.17) is 9.47 Å². The Balaban J connectivity index is 2.00. The predicted molar refractivity (Wildman–Crippen MR) is 82.4 cm³/mol. The van der Waals surface area contributed by atoms with Crippen molar-refractivity contribution in [1.29, 1.82) is 0 Å². The number of benzene rings is 1. The second kappa shape index (κ2) is 7.53. The Morgan fingerprint density at radius 3 is 2.60 bits per heavy atom. The Bertz CT molecular complexity index is 411. The fourth-order valence-electron chi connectivity index (χ4n) is 2.22. The van der Waals surface area contributed by atoms with Gasteiger partial charge in [-0.2, -0.15) is 0 Å². The summed E-state index contributed by atoms with van der Waals surface area (Å²) in [5.74, 6) is 2.45. The maximum absolute atomic E-state index is 6.06. The summed E-state index contributed by atoms with van der Waals surface area (Å²) in [7, 11) is 1.70. The summed E-state index contributed by atoms with van der Waals surface area (Å²) in [6.07, 6.45) is 4.94. The molecule has 1 aliphatic carbocycles. The Kier molecular flexibility index (Phi) is 5.72. The number of ether oxygens (including phenoxy) is 2. The number of hydrogen-bond acceptors (Lipinski definition) is 3. The molecule has 0 amide bonds. The van der Waals surface area contributed by atoms with Crippen molar-refractivity contribution in [3.05, 3.63) is 23.8 Å². The molecule has 112 valence electrons. The molecule has 0 bridgehead atoms. The molecule has 2 rings (SSSR count). The van der Waals surface area contributed by atoms with Gasteiger partial charge in [0.1, 0.15) is 11.5 Å². The van der Waals surface area contributed by atoms with Crippen LogP contribution in [0.4, 0.5) is 0 Å². The monoisotopic (exact) mass is 277 g/mol. The van der Waals surface area contributed by atoms with Gasteiger partial charge in [0.15, 0.2) is 0 Å². The molecule has 1 aromatic carbocycles. The van der Waals surface area contributed by atoms with Gasteiger partial charge in [-0.3, -0.25) is 0 Å². The lowest BCUT2D eigenvalue weighted by atomic mass is 10.1. The Labute approximate surface area is 122 Å². The second-order valence-electron chi connectivity index (χ2n) is 5.62. The third-order valence-electron chi connectivity index (χ3n) is 4.06. The van der Waals surface area contributed by atoms with Crippen LogP contribution < -0.4 is 14.8 Å². The SMILES string of the molecule is CCC(CC)COc1cc(OC)ccc1CNC1CC1. The van der Waals surface area contributed by atoms with Gasteiger partial charge in [0.25, 0.3) is 0 Å². The van der Waals surface area contributed by atoms with Gasteiger partial charge in [-0.25, -0.2) is 0 Å². The maximum Gasteiger partial charge on any atom is 0.127 e. The molecule has 1 N–H and O–H groups in total. The van der Waals surface area contributed by atoms with Gasteiger partial charge < -0.3 is 14.8 Å². The van der Waals surface area contributed by atoms with Crippen LogP contribution in [0.3, 0.4) is 0 Å². The van der Waals surface area contributed by atoms with Gasteiger partial charge in [-0.15, -0.1) is 0 Å². The van der Waals surface area contributed by atoms with Crippen LogP contribution in [0, 0.1) is 5.92 Å². The molecule has 1 saturated carbocycles. The highest BCUT2D eigenvalue weighted by Crippen LogP contribution is 2.27. The van der Waals surface area contributed by atoms with E-state index in [0.717, 1.165) is 37.5 Å². The summed E-state index contributed by atoms with van der Waals surface area (Å²) < 4.78 is 11.4. The topological polar surface area (TPSA) is 30.5 Å². The van der Waals surface area contributed by atoms with Gasteiger partial charge in [0.05, 0.1) is 13.7 Å². The predicted octanol–water partition coefficient (Wildman–Crippen LogP) is 3.76. The van der Waals surface area contributed by atoms with Crippen LogP contribution in [0.2, 0.25) is 0 Å². The summed E-state index contributed by atoms with van der Waals surface area (Å²) in [6, 6.07) is 6.83. The van der Waals surface area contributed by atoms with Crippen LogP contribution in [0.1, 0.15) is 45.1 Å². The third kappa shape index (κ3) is 4.41. The minimum absolute atomic E-state index is 0.630. The summed E-state index contributed by atoms with van der Waals surface area (Å²) in [5, 5.41) is 3.55. The van der Waals surface area contributed by atoms with E-state index in [1.807, 2.05) is 12.1 Å². The lowest BCUT2D eigenvalue weighted by Crippen LogP contribution is -2.17. The van der Waals surface area contributed by atoms with Gasteiger partial charge in [0, 0.05) is 24.2 Å². The highest BCUT2D eigenvalue weighted by molar-refractivity contribution is 5.40. The average molecular weight is 277 g/mol. The molecule has 0 aliphatic heterocycles. The molecular weight excluding hydrogens is 250 g/mol. The Morgan fingerprint density at radius 1 is 1.25 bits per heavy atom. The Morgan fingerprint density at radius 2 is 2.00 bits per heavy atom. The van der Waals surface area contributed by atoms with Crippen LogP contribution in [0.15, 0.2) is 18.2 Å². The smallest absolute Gasteiger partial charge is 0.127 e. The van der Waals surface area contributed by atoms with Gasteiger partial charge in [-0.05, 0) is 24.8 Å². The van der Waals surface area contributed by atoms with Crippen molar-refractivity contribution in [2.75, 3.05) is 13.7 Å². The van der Waals surface area contributed by atoms with E-state index >= 15 is 0 Å². The molecule has 1 fully saturated rings. The van der Waals surface area contributed by atoms with Gasteiger partial charge in [0.2, 0.25) is 0 Å². The van der Waals surface area contributed by atoms with E-state index in [1.54, 1.807) is 7.11 Å². The van der Waals surface area contributed by atoms with Crippen molar-refractivity contribution in [1.82, 2.24) is 5.32 Å². The fraction of sp³-hybridized carbons (Fsp3) is 0.647.